The highest BCUT2D eigenvalue weighted by Crippen LogP contribution is 2.23. The van der Waals surface area contributed by atoms with Crippen LogP contribution < -0.4 is 15.0 Å². The van der Waals surface area contributed by atoms with Crippen LogP contribution in [0.15, 0.2) is 41.3 Å². The second-order valence-corrected chi connectivity index (χ2v) is 7.13. The van der Waals surface area contributed by atoms with Crippen molar-refractivity contribution in [1.29, 1.82) is 0 Å². The fraction of sp³-hybridized carbons (Fsp3) is 0.444. The van der Waals surface area contributed by atoms with E-state index in [1.807, 2.05) is 16.7 Å². The lowest BCUT2D eigenvalue weighted by Gasteiger charge is -2.18. The van der Waals surface area contributed by atoms with Crippen LogP contribution in [0.4, 0.5) is 0 Å². The lowest BCUT2D eigenvalue weighted by Crippen LogP contribution is -2.23. The lowest BCUT2D eigenvalue weighted by atomic mass is 9.88. The Balaban J connectivity index is 1.54. The van der Waals surface area contributed by atoms with Gasteiger partial charge in [0.2, 0.25) is 0 Å². The molecule has 0 spiro atoms. The summed E-state index contributed by atoms with van der Waals surface area (Å²) >= 11 is 0. The molecule has 0 bridgehead atoms. The molecule has 1 aliphatic heterocycles. The predicted octanol–water partition coefficient (Wildman–Crippen LogP) is 2.67. The Bertz CT molecular complexity index is 729. The van der Waals surface area contributed by atoms with Crippen LogP contribution in [0.5, 0.6) is 11.8 Å². The van der Waals surface area contributed by atoms with Gasteiger partial charge in [0.25, 0.3) is 11.6 Å². The summed E-state index contributed by atoms with van der Waals surface area (Å²) in [6.07, 6.45) is 2.61. The third-order valence-corrected chi connectivity index (χ3v) is 3.61. The van der Waals surface area contributed by atoms with Crippen LogP contribution >= 0.6 is 0 Å². The minimum Gasteiger partial charge on any atom is -0.490 e. The third kappa shape index (κ3) is 4.12. The molecule has 1 aromatic carbocycles. The van der Waals surface area contributed by atoms with Gasteiger partial charge in [-0.2, -0.15) is 4.98 Å². The average Bonchev–Trinajstić information content (AvgIpc) is 2.87. The van der Waals surface area contributed by atoms with Crippen LogP contribution in [-0.2, 0) is 13.0 Å². The standard InChI is InChI=1S/C18H22N2O3/c1-18(2,3)10-13-4-6-14(7-5-13)22-12-15-11-20-9-8-16(21)19-17(20)23-15/h4-9,15H,10-12H2,1-3H3. The normalized spacial score (nSPS) is 16.7. The molecule has 0 aliphatic carbocycles. The molecular formula is C18H22N2O3. The van der Waals surface area contributed by atoms with Crippen LogP contribution in [-0.4, -0.2) is 22.3 Å². The zero-order chi connectivity index (χ0) is 16.4. The van der Waals surface area contributed by atoms with Crippen molar-refractivity contribution in [2.45, 2.75) is 39.8 Å². The molecule has 0 N–H and O–H groups in total. The van der Waals surface area contributed by atoms with Crippen molar-refractivity contribution in [2.75, 3.05) is 6.61 Å². The molecule has 0 saturated carbocycles. The first-order chi connectivity index (χ1) is 10.9. The van der Waals surface area contributed by atoms with Crippen molar-refractivity contribution >= 4 is 0 Å². The monoisotopic (exact) mass is 314 g/mol. The molecule has 1 aliphatic rings. The Morgan fingerprint density at radius 2 is 2.00 bits per heavy atom. The SMILES string of the molecule is CC(C)(C)Cc1ccc(OCC2Cn3ccc(=O)nc3O2)cc1. The zero-order valence-electron chi connectivity index (χ0n) is 13.8. The van der Waals surface area contributed by atoms with E-state index in [2.05, 4.69) is 37.9 Å². The summed E-state index contributed by atoms with van der Waals surface area (Å²) in [4.78, 5) is 15.0. The summed E-state index contributed by atoms with van der Waals surface area (Å²) in [7, 11) is 0. The van der Waals surface area contributed by atoms with E-state index in [1.54, 1.807) is 6.20 Å². The molecule has 5 heteroatoms. The van der Waals surface area contributed by atoms with E-state index in [4.69, 9.17) is 9.47 Å². The second kappa shape index (κ2) is 6.07. The molecule has 1 aromatic heterocycles. The van der Waals surface area contributed by atoms with E-state index in [-0.39, 0.29) is 17.1 Å². The summed E-state index contributed by atoms with van der Waals surface area (Å²) in [5.41, 5.74) is 1.29. The van der Waals surface area contributed by atoms with Crippen molar-refractivity contribution in [3.63, 3.8) is 0 Å². The van der Waals surface area contributed by atoms with Gasteiger partial charge in [0, 0.05) is 12.3 Å². The molecule has 122 valence electrons. The van der Waals surface area contributed by atoms with Crippen molar-refractivity contribution in [3.8, 4) is 11.8 Å². The van der Waals surface area contributed by atoms with Gasteiger partial charge in [-0.3, -0.25) is 9.36 Å². The first-order valence-corrected chi connectivity index (χ1v) is 7.85. The number of ether oxygens (including phenoxy) is 2. The maximum atomic E-state index is 11.2. The van der Waals surface area contributed by atoms with E-state index >= 15 is 0 Å². The molecule has 1 unspecified atom stereocenters. The largest absolute Gasteiger partial charge is 0.490 e. The Kier molecular flexibility index (Phi) is 4.11. The molecule has 5 nitrogen and oxygen atoms in total. The Morgan fingerprint density at radius 3 is 2.70 bits per heavy atom. The molecule has 0 amide bonds. The van der Waals surface area contributed by atoms with Gasteiger partial charge < -0.3 is 9.47 Å². The molecule has 1 atom stereocenters. The first-order valence-electron chi connectivity index (χ1n) is 7.85. The second-order valence-electron chi connectivity index (χ2n) is 7.13. The fourth-order valence-corrected chi connectivity index (χ4v) is 2.64. The maximum Gasteiger partial charge on any atom is 0.300 e. The van der Waals surface area contributed by atoms with E-state index in [1.165, 1.54) is 11.6 Å². The van der Waals surface area contributed by atoms with Gasteiger partial charge in [-0.05, 0) is 29.5 Å². The van der Waals surface area contributed by atoms with Crippen molar-refractivity contribution in [1.82, 2.24) is 9.55 Å². The van der Waals surface area contributed by atoms with Crippen molar-refractivity contribution in [3.05, 3.63) is 52.4 Å². The molecule has 3 rings (SSSR count). The molecule has 23 heavy (non-hydrogen) atoms. The smallest absolute Gasteiger partial charge is 0.300 e. The van der Waals surface area contributed by atoms with Crippen LogP contribution in [0.25, 0.3) is 0 Å². The Labute approximate surface area is 135 Å². The fourth-order valence-electron chi connectivity index (χ4n) is 2.64. The number of nitrogens with zero attached hydrogens (tertiary/aromatic N) is 2. The van der Waals surface area contributed by atoms with E-state index in [0.717, 1.165) is 12.2 Å². The number of aromatic nitrogens is 2. The number of rotatable bonds is 4. The van der Waals surface area contributed by atoms with E-state index in [9.17, 15) is 4.79 Å². The molecule has 0 radical (unpaired) electrons. The number of benzene rings is 1. The zero-order valence-corrected chi connectivity index (χ0v) is 13.8. The van der Waals surface area contributed by atoms with Gasteiger partial charge in [0.05, 0.1) is 6.54 Å². The first kappa shape index (κ1) is 15.6. The van der Waals surface area contributed by atoms with Gasteiger partial charge in [0.1, 0.15) is 12.4 Å². The van der Waals surface area contributed by atoms with Gasteiger partial charge in [0.15, 0.2) is 6.10 Å². The minimum atomic E-state index is -0.285. The predicted molar refractivity (Wildman–Crippen MR) is 88.0 cm³/mol. The summed E-state index contributed by atoms with van der Waals surface area (Å²) in [6.45, 7) is 7.75. The summed E-state index contributed by atoms with van der Waals surface area (Å²) < 4.78 is 13.2. The highest BCUT2D eigenvalue weighted by Gasteiger charge is 2.23. The van der Waals surface area contributed by atoms with Gasteiger partial charge in [-0.15, -0.1) is 0 Å². The lowest BCUT2D eigenvalue weighted by molar-refractivity contribution is 0.143. The highest BCUT2D eigenvalue weighted by atomic mass is 16.6. The molecule has 0 fully saturated rings. The van der Waals surface area contributed by atoms with Crippen LogP contribution in [0.2, 0.25) is 0 Å². The maximum absolute atomic E-state index is 11.2. The van der Waals surface area contributed by atoms with Gasteiger partial charge >= 0.3 is 0 Å². The highest BCUT2D eigenvalue weighted by molar-refractivity contribution is 5.28. The Hall–Kier alpha value is -2.30. The molecule has 2 aromatic rings. The number of hydrogen-bond acceptors (Lipinski definition) is 4. The quantitative estimate of drug-likeness (QED) is 0.870. The molecule has 0 saturated heterocycles. The van der Waals surface area contributed by atoms with Gasteiger partial charge in [-0.25, -0.2) is 0 Å². The van der Waals surface area contributed by atoms with Crippen molar-refractivity contribution < 1.29 is 9.47 Å². The van der Waals surface area contributed by atoms with E-state index in [0.29, 0.717) is 19.2 Å². The summed E-state index contributed by atoms with van der Waals surface area (Å²) in [6, 6.07) is 9.99. The third-order valence-electron chi connectivity index (χ3n) is 3.61. The topological polar surface area (TPSA) is 53.4 Å². The number of hydrogen-bond donors (Lipinski definition) is 0. The molecular weight excluding hydrogens is 292 g/mol. The summed E-state index contributed by atoms with van der Waals surface area (Å²) in [5.74, 6) is 0.824. The molecule has 2 heterocycles. The van der Waals surface area contributed by atoms with Crippen molar-refractivity contribution in [2.24, 2.45) is 5.41 Å². The van der Waals surface area contributed by atoms with Gasteiger partial charge in [-0.1, -0.05) is 32.9 Å². The van der Waals surface area contributed by atoms with Crippen LogP contribution in [0.1, 0.15) is 26.3 Å². The average molecular weight is 314 g/mol. The van der Waals surface area contributed by atoms with Crippen LogP contribution in [0, 0.1) is 5.41 Å². The number of fused-ring (bicyclic) bond motifs is 1. The Morgan fingerprint density at radius 1 is 1.26 bits per heavy atom. The van der Waals surface area contributed by atoms with E-state index < -0.39 is 0 Å². The minimum absolute atomic E-state index is 0.126. The summed E-state index contributed by atoms with van der Waals surface area (Å²) in [5, 5.41) is 0. The van der Waals surface area contributed by atoms with Crippen LogP contribution in [0.3, 0.4) is 0 Å².